The third-order valence-corrected chi connectivity index (χ3v) is 4.06. The minimum absolute atomic E-state index is 0.282. The third-order valence-electron chi connectivity index (χ3n) is 4.06. The normalized spacial score (nSPS) is 17.3. The van der Waals surface area contributed by atoms with Crippen molar-refractivity contribution >= 4 is 0 Å². The standard InChI is InChI=1S/C17H19F3N2O3/c1-23-14-5-4-12(25-17(18,19)20)11-13(14)16(15-3-2-10-24-15)22-8-6-21-7-9-22/h2-5,10-11,16,21H,6-9H2,1H3/t16-/m1/s1. The maximum absolute atomic E-state index is 12.6. The summed E-state index contributed by atoms with van der Waals surface area (Å²) in [5, 5.41) is 3.26. The fraction of sp³-hybridized carbons (Fsp3) is 0.412. The molecule has 3 rings (SSSR count). The Labute approximate surface area is 143 Å². The van der Waals surface area contributed by atoms with Crippen molar-refractivity contribution in [1.29, 1.82) is 0 Å². The van der Waals surface area contributed by atoms with Crippen molar-refractivity contribution in [3.8, 4) is 11.5 Å². The predicted octanol–water partition coefficient (Wildman–Crippen LogP) is 3.18. The monoisotopic (exact) mass is 356 g/mol. The highest BCUT2D eigenvalue weighted by Gasteiger charge is 2.33. The molecule has 1 aliphatic heterocycles. The van der Waals surface area contributed by atoms with E-state index in [1.165, 1.54) is 25.3 Å². The van der Waals surface area contributed by atoms with Crippen molar-refractivity contribution in [2.75, 3.05) is 33.3 Å². The molecule has 1 saturated heterocycles. The number of hydrogen-bond acceptors (Lipinski definition) is 5. The maximum atomic E-state index is 12.6. The van der Waals surface area contributed by atoms with Crippen LogP contribution in [-0.4, -0.2) is 44.6 Å². The number of piperazine rings is 1. The molecule has 0 saturated carbocycles. The van der Waals surface area contributed by atoms with Crippen molar-refractivity contribution in [2.24, 2.45) is 0 Å². The van der Waals surface area contributed by atoms with Crippen molar-refractivity contribution in [2.45, 2.75) is 12.4 Å². The number of nitrogens with zero attached hydrogens (tertiary/aromatic N) is 1. The Kier molecular flexibility index (Phi) is 5.19. The lowest BCUT2D eigenvalue weighted by atomic mass is 10.00. The first kappa shape index (κ1) is 17.6. The van der Waals surface area contributed by atoms with E-state index in [0.717, 1.165) is 26.2 Å². The molecule has 0 radical (unpaired) electrons. The zero-order valence-electron chi connectivity index (χ0n) is 13.7. The van der Waals surface area contributed by atoms with E-state index in [0.29, 0.717) is 17.1 Å². The Morgan fingerprint density at radius 2 is 1.96 bits per heavy atom. The number of furan rings is 1. The average Bonchev–Trinajstić information content (AvgIpc) is 3.09. The average molecular weight is 356 g/mol. The second-order valence-electron chi connectivity index (χ2n) is 5.66. The van der Waals surface area contributed by atoms with Gasteiger partial charge < -0.3 is 19.2 Å². The smallest absolute Gasteiger partial charge is 0.496 e. The Balaban J connectivity index is 2.02. The molecule has 0 amide bonds. The Bertz CT molecular complexity index is 683. The topological polar surface area (TPSA) is 46.9 Å². The van der Waals surface area contributed by atoms with Crippen LogP contribution in [0.25, 0.3) is 0 Å². The van der Waals surface area contributed by atoms with Gasteiger partial charge in [-0.05, 0) is 30.3 Å². The van der Waals surface area contributed by atoms with Crippen LogP contribution in [0.5, 0.6) is 11.5 Å². The first-order chi connectivity index (χ1) is 12.0. The fourth-order valence-electron chi connectivity index (χ4n) is 3.04. The summed E-state index contributed by atoms with van der Waals surface area (Å²) in [4.78, 5) is 2.14. The van der Waals surface area contributed by atoms with Crippen LogP contribution in [0.3, 0.4) is 0 Å². The van der Waals surface area contributed by atoms with Crippen LogP contribution in [0.15, 0.2) is 41.0 Å². The molecule has 1 aromatic carbocycles. The highest BCUT2D eigenvalue weighted by atomic mass is 19.4. The van der Waals surface area contributed by atoms with E-state index in [1.54, 1.807) is 12.3 Å². The summed E-state index contributed by atoms with van der Waals surface area (Å²) in [7, 11) is 1.49. The summed E-state index contributed by atoms with van der Waals surface area (Å²) in [5.41, 5.74) is 0.570. The third kappa shape index (κ3) is 4.26. The fourth-order valence-corrected chi connectivity index (χ4v) is 3.04. The van der Waals surface area contributed by atoms with E-state index >= 15 is 0 Å². The summed E-state index contributed by atoms with van der Waals surface area (Å²) < 4.78 is 52.8. The molecule has 0 spiro atoms. The van der Waals surface area contributed by atoms with Crippen LogP contribution in [0.2, 0.25) is 0 Å². The van der Waals surface area contributed by atoms with Crippen molar-refractivity contribution in [1.82, 2.24) is 10.2 Å². The molecule has 2 heterocycles. The van der Waals surface area contributed by atoms with Crippen molar-refractivity contribution in [3.05, 3.63) is 47.9 Å². The Hall–Kier alpha value is -2.19. The molecule has 0 bridgehead atoms. The zero-order valence-corrected chi connectivity index (χ0v) is 13.7. The van der Waals surface area contributed by atoms with Gasteiger partial charge in [0.2, 0.25) is 0 Å². The molecule has 1 aromatic heterocycles. The molecular weight excluding hydrogens is 337 g/mol. The molecule has 1 atom stereocenters. The summed E-state index contributed by atoms with van der Waals surface area (Å²) >= 11 is 0. The number of ether oxygens (including phenoxy) is 2. The number of rotatable bonds is 5. The molecule has 1 aliphatic rings. The largest absolute Gasteiger partial charge is 0.573 e. The Morgan fingerprint density at radius 3 is 2.56 bits per heavy atom. The van der Waals surface area contributed by atoms with E-state index in [4.69, 9.17) is 9.15 Å². The number of benzene rings is 1. The summed E-state index contributed by atoms with van der Waals surface area (Å²) in [6.07, 6.45) is -3.20. The van der Waals surface area contributed by atoms with Crippen LogP contribution < -0.4 is 14.8 Å². The van der Waals surface area contributed by atoms with Gasteiger partial charge in [0.15, 0.2) is 0 Å². The first-order valence-electron chi connectivity index (χ1n) is 7.90. The van der Waals surface area contributed by atoms with E-state index in [9.17, 15) is 13.2 Å². The highest BCUT2D eigenvalue weighted by molar-refractivity contribution is 5.45. The maximum Gasteiger partial charge on any atom is 0.573 e. The lowest BCUT2D eigenvalue weighted by Crippen LogP contribution is -2.45. The second-order valence-corrected chi connectivity index (χ2v) is 5.66. The van der Waals surface area contributed by atoms with Crippen LogP contribution in [-0.2, 0) is 0 Å². The highest BCUT2D eigenvalue weighted by Crippen LogP contribution is 2.38. The van der Waals surface area contributed by atoms with Crippen LogP contribution in [0.4, 0.5) is 13.2 Å². The number of alkyl halides is 3. The molecule has 0 aliphatic carbocycles. The summed E-state index contributed by atoms with van der Waals surface area (Å²) in [6, 6.07) is 7.29. The van der Waals surface area contributed by atoms with Gasteiger partial charge in [-0.15, -0.1) is 13.2 Å². The van der Waals surface area contributed by atoms with Crippen molar-refractivity contribution in [3.63, 3.8) is 0 Å². The van der Waals surface area contributed by atoms with Gasteiger partial charge in [0, 0.05) is 31.7 Å². The van der Waals surface area contributed by atoms with Crippen LogP contribution in [0.1, 0.15) is 17.4 Å². The van der Waals surface area contributed by atoms with E-state index in [1.807, 2.05) is 6.07 Å². The SMILES string of the molecule is COc1ccc(OC(F)(F)F)cc1[C@H](c1ccco1)N1CCNCC1. The molecule has 25 heavy (non-hydrogen) atoms. The molecular formula is C17H19F3N2O3. The molecule has 1 N–H and O–H groups in total. The van der Waals surface area contributed by atoms with Gasteiger partial charge in [-0.3, -0.25) is 4.90 Å². The molecule has 2 aromatic rings. The van der Waals surface area contributed by atoms with Gasteiger partial charge >= 0.3 is 6.36 Å². The Morgan fingerprint density at radius 1 is 1.20 bits per heavy atom. The molecule has 8 heteroatoms. The number of nitrogens with one attached hydrogen (secondary N) is 1. The molecule has 0 unspecified atom stereocenters. The number of hydrogen-bond donors (Lipinski definition) is 1. The molecule has 136 valence electrons. The van der Waals surface area contributed by atoms with E-state index in [-0.39, 0.29) is 11.8 Å². The predicted molar refractivity (Wildman–Crippen MR) is 84.7 cm³/mol. The minimum atomic E-state index is -4.75. The molecule has 5 nitrogen and oxygen atoms in total. The quantitative estimate of drug-likeness (QED) is 0.892. The number of methoxy groups -OCH3 is 1. The van der Waals surface area contributed by atoms with Gasteiger partial charge in [0.25, 0.3) is 0 Å². The first-order valence-corrected chi connectivity index (χ1v) is 7.90. The second kappa shape index (κ2) is 7.37. The van der Waals surface area contributed by atoms with Gasteiger partial charge in [0.05, 0.1) is 19.4 Å². The lowest BCUT2D eigenvalue weighted by Gasteiger charge is -2.34. The summed E-state index contributed by atoms with van der Waals surface area (Å²) in [5.74, 6) is 0.841. The van der Waals surface area contributed by atoms with Crippen LogP contribution >= 0.6 is 0 Å². The lowest BCUT2D eigenvalue weighted by molar-refractivity contribution is -0.274. The summed E-state index contributed by atoms with van der Waals surface area (Å²) in [6.45, 7) is 3.05. The molecule has 1 fully saturated rings. The van der Waals surface area contributed by atoms with Gasteiger partial charge in [-0.2, -0.15) is 0 Å². The minimum Gasteiger partial charge on any atom is -0.496 e. The number of halogens is 3. The zero-order chi connectivity index (χ0) is 17.9. The van der Waals surface area contributed by atoms with E-state index < -0.39 is 6.36 Å². The van der Waals surface area contributed by atoms with Crippen molar-refractivity contribution < 1.29 is 27.1 Å². The van der Waals surface area contributed by atoms with Gasteiger partial charge in [-0.1, -0.05) is 0 Å². The van der Waals surface area contributed by atoms with E-state index in [2.05, 4.69) is 15.0 Å². The van der Waals surface area contributed by atoms with Crippen LogP contribution in [0, 0.1) is 0 Å². The van der Waals surface area contributed by atoms with Gasteiger partial charge in [-0.25, -0.2) is 0 Å². The van der Waals surface area contributed by atoms with Gasteiger partial charge in [0.1, 0.15) is 17.3 Å².